The largest absolute Gasteiger partial charge is 0.478 e. The maximum atomic E-state index is 12.8. The molecule has 0 aliphatic rings. The molecule has 9 heteroatoms. The summed E-state index contributed by atoms with van der Waals surface area (Å²) >= 11 is 5.73. The van der Waals surface area contributed by atoms with Crippen LogP contribution in [0.3, 0.4) is 0 Å². The number of carboxylic acid groups (broad SMARTS) is 1. The van der Waals surface area contributed by atoms with Crippen LogP contribution in [0.1, 0.15) is 16.1 Å². The molecule has 0 saturated heterocycles. The summed E-state index contributed by atoms with van der Waals surface area (Å²) in [5.41, 5.74) is -0.956. The molecule has 1 amide bonds. The lowest BCUT2D eigenvalue weighted by molar-refractivity contribution is -0.170. The zero-order chi connectivity index (χ0) is 17.2. The van der Waals surface area contributed by atoms with Crippen molar-refractivity contribution in [2.75, 3.05) is 4.90 Å². The maximum absolute atomic E-state index is 12.8. The lowest BCUT2D eigenvalue weighted by atomic mass is 10.1. The minimum Gasteiger partial charge on any atom is -0.478 e. The number of hydrogen-bond acceptors (Lipinski definition) is 3. The predicted octanol–water partition coefficient (Wildman–Crippen LogP) is 3.73. The highest BCUT2D eigenvalue weighted by Gasteiger charge is 2.44. The normalized spacial score (nSPS) is 11.3. The molecule has 0 saturated carbocycles. The summed E-state index contributed by atoms with van der Waals surface area (Å²) in [5, 5.41) is 9.12. The standard InChI is InChI=1S/C14H9ClF3NO4/c15-8-3-4-10(12(20)21)11(6-8)19(13(22)14(16,17)18)7-9-2-1-5-23-9/h1-6H,7H2,(H,20,21). The smallest absolute Gasteiger partial charge is 0.471 e. The molecule has 0 unspecified atom stereocenters. The first-order valence-electron chi connectivity index (χ1n) is 6.14. The number of rotatable bonds is 4. The maximum Gasteiger partial charge on any atom is 0.471 e. The number of alkyl halides is 3. The predicted molar refractivity (Wildman–Crippen MR) is 74.4 cm³/mol. The molecular formula is C14H9ClF3NO4. The van der Waals surface area contributed by atoms with Crippen LogP contribution in [0.2, 0.25) is 5.02 Å². The molecule has 1 N–H and O–H groups in total. The van der Waals surface area contributed by atoms with Crippen molar-refractivity contribution in [2.45, 2.75) is 12.7 Å². The van der Waals surface area contributed by atoms with Crippen LogP contribution in [-0.4, -0.2) is 23.2 Å². The van der Waals surface area contributed by atoms with Crippen LogP contribution in [0.25, 0.3) is 0 Å². The van der Waals surface area contributed by atoms with Crippen LogP contribution in [0, 0.1) is 0 Å². The molecule has 0 fully saturated rings. The van der Waals surface area contributed by atoms with Crippen molar-refractivity contribution in [1.29, 1.82) is 0 Å². The third kappa shape index (κ3) is 3.84. The molecule has 0 atom stereocenters. The molecule has 0 spiro atoms. The quantitative estimate of drug-likeness (QED) is 0.915. The van der Waals surface area contributed by atoms with E-state index < -0.39 is 35.8 Å². The Bertz CT molecular complexity index is 728. The summed E-state index contributed by atoms with van der Waals surface area (Å²) < 4.78 is 43.5. The molecule has 1 aromatic carbocycles. The van der Waals surface area contributed by atoms with E-state index in [9.17, 15) is 22.8 Å². The minimum absolute atomic E-state index is 0.00980. The summed E-state index contributed by atoms with van der Waals surface area (Å²) in [7, 11) is 0. The average molecular weight is 348 g/mol. The fourth-order valence-corrected chi connectivity index (χ4v) is 2.05. The number of carbonyl (C=O) groups excluding carboxylic acids is 1. The van der Waals surface area contributed by atoms with E-state index in [0.29, 0.717) is 0 Å². The average Bonchev–Trinajstić information content (AvgIpc) is 2.95. The third-order valence-corrected chi connectivity index (χ3v) is 3.10. The molecule has 0 radical (unpaired) electrons. The van der Waals surface area contributed by atoms with Gasteiger partial charge in [0.15, 0.2) is 0 Å². The monoisotopic (exact) mass is 347 g/mol. The van der Waals surface area contributed by atoms with E-state index >= 15 is 0 Å². The first kappa shape index (κ1) is 16.9. The van der Waals surface area contributed by atoms with E-state index in [1.54, 1.807) is 0 Å². The van der Waals surface area contributed by atoms with Crippen molar-refractivity contribution in [2.24, 2.45) is 0 Å². The van der Waals surface area contributed by atoms with Gasteiger partial charge in [-0.1, -0.05) is 11.6 Å². The first-order valence-corrected chi connectivity index (χ1v) is 6.52. The molecule has 0 aliphatic heterocycles. The van der Waals surface area contributed by atoms with Gasteiger partial charge >= 0.3 is 18.1 Å². The summed E-state index contributed by atoms with van der Waals surface area (Å²) in [6.07, 6.45) is -3.97. The first-order chi connectivity index (χ1) is 10.7. The van der Waals surface area contributed by atoms with Gasteiger partial charge in [0.1, 0.15) is 5.76 Å². The van der Waals surface area contributed by atoms with Gasteiger partial charge < -0.3 is 9.52 Å². The number of furan rings is 1. The van der Waals surface area contributed by atoms with E-state index in [2.05, 4.69) is 0 Å². The van der Waals surface area contributed by atoms with Crippen molar-refractivity contribution in [3.63, 3.8) is 0 Å². The van der Waals surface area contributed by atoms with Crippen LogP contribution >= 0.6 is 11.6 Å². The van der Waals surface area contributed by atoms with E-state index in [0.717, 1.165) is 12.1 Å². The van der Waals surface area contributed by atoms with Crippen molar-refractivity contribution >= 4 is 29.2 Å². The van der Waals surface area contributed by atoms with Gasteiger partial charge in [-0.2, -0.15) is 13.2 Å². The second kappa shape index (κ2) is 6.33. The van der Waals surface area contributed by atoms with Crippen molar-refractivity contribution in [1.82, 2.24) is 0 Å². The Balaban J connectivity index is 2.55. The number of anilines is 1. The zero-order valence-corrected chi connectivity index (χ0v) is 12.1. The van der Waals surface area contributed by atoms with Crippen LogP contribution in [0.4, 0.5) is 18.9 Å². The summed E-state index contributed by atoms with van der Waals surface area (Å²) in [4.78, 5) is 23.2. The molecule has 2 rings (SSSR count). The summed E-state index contributed by atoms with van der Waals surface area (Å²) in [5.74, 6) is -3.66. The van der Waals surface area contributed by atoms with Gasteiger partial charge in [-0.05, 0) is 30.3 Å². The van der Waals surface area contributed by atoms with E-state index in [1.165, 1.54) is 24.5 Å². The summed E-state index contributed by atoms with van der Waals surface area (Å²) in [6.45, 7) is -0.591. The number of benzene rings is 1. The van der Waals surface area contributed by atoms with Crippen molar-refractivity contribution in [3.8, 4) is 0 Å². The number of amides is 1. The molecule has 0 aliphatic carbocycles. The van der Waals surface area contributed by atoms with Gasteiger partial charge in [0.05, 0.1) is 24.1 Å². The van der Waals surface area contributed by atoms with Gasteiger partial charge in [-0.15, -0.1) is 0 Å². The highest BCUT2D eigenvalue weighted by Crippen LogP contribution is 2.30. The zero-order valence-electron chi connectivity index (χ0n) is 11.3. The Hall–Kier alpha value is -2.48. The Morgan fingerprint density at radius 2 is 1.96 bits per heavy atom. The fourth-order valence-electron chi connectivity index (χ4n) is 1.89. The van der Waals surface area contributed by atoms with Gasteiger partial charge in [0.2, 0.25) is 0 Å². The number of hydrogen-bond donors (Lipinski definition) is 1. The van der Waals surface area contributed by atoms with Crippen molar-refractivity contribution < 1.29 is 32.3 Å². The lowest BCUT2D eigenvalue weighted by Gasteiger charge is -2.24. The lowest BCUT2D eigenvalue weighted by Crippen LogP contribution is -2.41. The van der Waals surface area contributed by atoms with E-state index in [1.807, 2.05) is 0 Å². The number of carbonyl (C=O) groups is 2. The second-order valence-electron chi connectivity index (χ2n) is 4.44. The third-order valence-electron chi connectivity index (χ3n) is 2.86. The molecule has 2 aromatic rings. The SMILES string of the molecule is O=C(O)c1ccc(Cl)cc1N(Cc1ccco1)C(=O)C(F)(F)F. The van der Waals surface area contributed by atoms with Gasteiger partial charge in [0, 0.05) is 5.02 Å². The topological polar surface area (TPSA) is 70.8 Å². The van der Waals surface area contributed by atoms with Gasteiger partial charge in [0.25, 0.3) is 0 Å². The van der Waals surface area contributed by atoms with Crippen LogP contribution in [-0.2, 0) is 11.3 Å². The van der Waals surface area contributed by atoms with Gasteiger partial charge in [-0.3, -0.25) is 9.69 Å². The number of nitrogens with zero attached hydrogens (tertiary/aromatic N) is 1. The fraction of sp³-hybridized carbons (Fsp3) is 0.143. The van der Waals surface area contributed by atoms with Crippen LogP contribution in [0.15, 0.2) is 41.0 Å². The van der Waals surface area contributed by atoms with E-state index in [-0.39, 0.29) is 15.7 Å². The second-order valence-corrected chi connectivity index (χ2v) is 4.87. The molecule has 122 valence electrons. The molecule has 5 nitrogen and oxygen atoms in total. The number of aromatic carboxylic acids is 1. The number of halogens is 4. The molecular weight excluding hydrogens is 339 g/mol. The summed E-state index contributed by atoms with van der Waals surface area (Å²) in [6, 6.07) is 6.01. The van der Waals surface area contributed by atoms with Gasteiger partial charge in [-0.25, -0.2) is 4.79 Å². The van der Waals surface area contributed by atoms with Crippen LogP contribution in [0.5, 0.6) is 0 Å². The van der Waals surface area contributed by atoms with E-state index in [4.69, 9.17) is 21.1 Å². The minimum atomic E-state index is -5.19. The molecule has 23 heavy (non-hydrogen) atoms. The van der Waals surface area contributed by atoms with Crippen LogP contribution < -0.4 is 4.90 Å². The Labute approximate surface area is 132 Å². The molecule has 1 heterocycles. The highest BCUT2D eigenvalue weighted by atomic mass is 35.5. The molecule has 1 aromatic heterocycles. The number of carboxylic acids is 1. The Morgan fingerprint density at radius 3 is 2.48 bits per heavy atom. The Kier molecular flexibility index (Phi) is 4.65. The van der Waals surface area contributed by atoms with Crippen molar-refractivity contribution in [3.05, 3.63) is 52.9 Å². The molecule has 0 bridgehead atoms. The Morgan fingerprint density at radius 1 is 1.26 bits per heavy atom. The highest BCUT2D eigenvalue weighted by molar-refractivity contribution is 6.31.